The third-order valence-corrected chi connectivity index (χ3v) is 3.29. The number of hydrogen-bond donors (Lipinski definition) is 1. The topological polar surface area (TPSA) is 33.1 Å². The van der Waals surface area contributed by atoms with Crippen LogP contribution in [0.15, 0.2) is 47.6 Å². The van der Waals surface area contributed by atoms with Crippen LogP contribution in [-0.2, 0) is 0 Å². The first-order valence-corrected chi connectivity index (χ1v) is 6.36. The lowest BCUT2D eigenvalue weighted by Crippen LogP contribution is -2.02. The van der Waals surface area contributed by atoms with Gasteiger partial charge in [-0.05, 0) is 24.0 Å². The SMILES string of the molecule is CSc1ccccc1C(O)c1cncc(F)c1. The van der Waals surface area contributed by atoms with E-state index in [2.05, 4.69) is 4.98 Å². The predicted octanol–water partition coefficient (Wildman–Crippen LogP) is 3.02. The van der Waals surface area contributed by atoms with Crippen LogP contribution in [0.4, 0.5) is 4.39 Å². The summed E-state index contributed by atoms with van der Waals surface area (Å²) in [6.07, 6.45) is 3.69. The first-order valence-electron chi connectivity index (χ1n) is 5.14. The molecular formula is C13H12FNOS. The average Bonchev–Trinajstić information content (AvgIpc) is 2.38. The summed E-state index contributed by atoms with van der Waals surface area (Å²) in [7, 11) is 0. The van der Waals surface area contributed by atoms with Crippen molar-refractivity contribution in [3.63, 3.8) is 0 Å². The van der Waals surface area contributed by atoms with Gasteiger partial charge in [0.25, 0.3) is 0 Å². The Morgan fingerprint density at radius 1 is 1.29 bits per heavy atom. The molecule has 1 atom stereocenters. The van der Waals surface area contributed by atoms with Crippen LogP contribution in [0.5, 0.6) is 0 Å². The average molecular weight is 249 g/mol. The Hall–Kier alpha value is -1.39. The number of hydrogen-bond acceptors (Lipinski definition) is 3. The molecule has 0 amide bonds. The smallest absolute Gasteiger partial charge is 0.141 e. The highest BCUT2D eigenvalue weighted by Crippen LogP contribution is 2.29. The maximum Gasteiger partial charge on any atom is 0.141 e. The minimum absolute atomic E-state index is 0.441. The molecule has 17 heavy (non-hydrogen) atoms. The van der Waals surface area contributed by atoms with Crippen LogP contribution >= 0.6 is 11.8 Å². The largest absolute Gasteiger partial charge is 0.384 e. The van der Waals surface area contributed by atoms with Crippen LogP contribution in [0, 0.1) is 5.82 Å². The molecule has 2 rings (SSSR count). The molecule has 0 aliphatic rings. The van der Waals surface area contributed by atoms with E-state index in [0.717, 1.165) is 16.7 Å². The monoisotopic (exact) mass is 249 g/mol. The molecule has 1 N–H and O–H groups in total. The van der Waals surface area contributed by atoms with Crippen molar-refractivity contribution in [3.8, 4) is 0 Å². The predicted molar refractivity (Wildman–Crippen MR) is 66.5 cm³/mol. The van der Waals surface area contributed by atoms with Gasteiger partial charge in [0.05, 0.1) is 6.20 Å². The van der Waals surface area contributed by atoms with Crippen molar-refractivity contribution in [1.82, 2.24) is 4.98 Å². The van der Waals surface area contributed by atoms with E-state index in [9.17, 15) is 9.50 Å². The van der Waals surface area contributed by atoms with Gasteiger partial charge < -0.3 is 5.11 Å². The third kappa shape index (κ3) is 2.65. The Kier molecular flexibility index (Phi) is 3.76. The van der Waals surface area contributed by atoms with E-state index in [1.54, 1.807) is 11.8 Å². The minimum Gasteiger partial charge on any atom is -0.384 e. The number of pyridine rings is 1. The summed E-state index contributed by atoms with van der Waals surface area (Å²) in [4.78, 5) is 4.72. The quantitative estimate of drug-likeness (QED) is 0.849. The van der Waals surface area contributed by atoms with Crippen molar-refractivity contribution in [2.45, 2.75) is 11.0 Å². The second-order valence-corrected chi connectivity index (χ2v) is 4.43. The molecule has 1 unspecified atom stereocenters. The van der Waals surface area contributed by atoms with Gasteiger partial charge >= 0.3 is 0 Å². The van der Waals surface area contributed by atoms with Gasteiger partial charge in [0.15, 0.2) is 0 Å². The van der Waals surface area contributed by atoms with Gasteiger partial charge in [0, 0.05) is 16.7 Å². The normalized spacial score (nSPS) is 12.4. The van der Waals surface area contributed by atoms with E-state index in [-0.39, 0.29) is 0 Å². The summed E-state index contributed by atoms with van der Waals surface area (Å²) in [5.74, 6) is -0.441. The van der Waals surface area contributed by atoms with E-state index < -0.39 is 11.9 Å². The summed E-state index contributed by atoms with van der Waals surface area (Å²) in [5, 5.41) is 10.2. The Morgan fingerprint density at radius 2 is 2.06 bits per heavy atom. The molecule has 2 aromatic rings. The highest BCUT2D eigenvalue weighted by atomic mass is 32.2. The maximum atomic E-state index is 13.0. The van der Waals surface area contributed by atoms with E-state index in [0.29, 0.717) is 5.56 Å². The van der Waals surface area contributed by atoms with Crippen LogP contribution in [-0.4, -0.2) is 16.3 Å². The number of rotatable bonds is 3. The zero-order chi connectivity index (χ0) is 12.3. The number of thioether (sulfide) groups is 1. The number of aliphatic hydroxyl groups is 1. The Morgan fingerprint density at radius 3 is 2.76 bits per heavy atom. The van der Waals surface area contributed by atoms with Crippen molar-refractivity contribution < 1.29 is 9.50 Å². The fourth-order valence-corrected chi connectivity index (χ4v) is 2.28. The van der Waals surface area contributed by atoms with E-state index in [1.165, 1.54) is 12.3 Å². The van der Waals surface area contributed by atoms with Crippen LogP contribution in [0.25, 0.3) is 0 Å². The molecule has 0 saturated carbocycles. The lowest BCUT2D eigenvalue weighted by Gasteiger charge is -2.14. The molecule has 0 fully saturated rings. The fraction of sp³-hybridized carbons (Fsp3) is 0.154. The molecule has 1 aromatic carbocycles. The molecule has 4 heteroatoms. The molecule has 2 nitrogen and oxygen atoms in total. The molecule has 1 heterocycles. The van der Waals surface area contributed by atoms with Crippen molar-refractivity contribution in [2.75, 3.05) is 6.26 Å². The molecule has 0 radical (unpaired) electrons. The zero-order valence-corrected chi connectivity index (χ0v) is 10.1. The Balaban J connectivity index is 2.40. The standard InChI is InChI=1S/C13H12FNOS/c1-17-12-5-3-2-4-11(12)13(16)9-6-10(14)8-15-7-9/h2-8,13,16H,1H3. The van der Waals surface area contributed by atoms with Crippen LogP contribution in [0.1, 0.15) is 17.2 Å². The van der Waals surface area contributed by atoms with Gasteiger partial charge in [-0.2, -0.15) is 0 Å². The van der Waals surface area contributed by atoms with Crippen molar-refractivity contribution in [1.29, 1.82) is 0 Å². The minimum atomic E-state index is -0.846. The lowest BCUT2D eigenvalue weighted by molar-refractivity contribution is 0.216. The highest BCUT2D eigenvalue weighted by Gasteiger charge is 2.14. The molecule has 0 spiro atoms. The van der Waals surface area contributed by atoms with Crippen LogP contribution < -0.4 is 0 Å². The molecule has 1 aromatic heterocycles. The summed E-state index contributed by atoms with van der Waals surface area (Å²) >= 11 is 1.55. The molecule has 0 aliphatic carbocycles. The highest BCUT2D eigenvalue weighted by molar-refractivity contribution is 7.98. The molecule has 0 bridgehead atoms. The summed E-state index contributed by atoms with van der Waals surface area (Å²) < 4.78 is 13.0. The van der Waals surface area contributed by atoms with Crippen LogP contribution in [0.2, 0.25) is 0 Å². The molecule has 88 valence electrons. The second kappa shape index (κ2) is 5.29. The molecular weight excluding hydrogens is 237 g/mol. The zero-order valence-electron chi connectivity index (χ0n) is 9.30. The maximum absolute atomic E-state index is 13.0. The number of aromatic nitrogens is 1. The van der Waals surface area contributed by atoms with Crippen molar-refractivity contribution in [3.05, 3.63) is 59.7 Å². The first kappa shape index (κ1) is 12.1. The van der Waals surface area contributed by atoms with Gasteiger partial charge in [-0.25, -0.2) is 4.39 Å². The van der Waals surface area contributed by atoms with E-state index in [1.807, 2.05) is 30.5 Å². The van der Waals surface area contributed by atoms with Crippen molar-refractivity contribution >= 4 is 11.8 Å². The van der Waals surface area contributed by atoms with Gasteiger partial charge in [-0.1, -0.05) is 18.2 Å². The van der Waals surface area contributed by atoms with E-state index >= 15 is 0 Å². The first-order chi connectivity index (χ1) is 8.22. The van der Waals surface area contributed by atoms with E-state index in [4.69, 9.17) is 0 Å². The number of halogens is 1. The second-order valence-electron chi connectivity index (χ2n) is 3.58. The lowest BCUT2D eigenvalue weighted by atomic mass is 10.0. The number of nitrogens with zero attached hydrogens (tertiary/aromatic N) is 1. The summed E-state index contributed by atoms with van der Waals surface area (Å²) in [6.45, 7) is 0. The molecule has 0 saturated heterocycles. The Bertz CT molecular complexity index is 518. The van der Waals surface area contributed by atoms with Gasteiger partial charge in [-0.3, -0.25) is 4.98 Å². The summed E-state index contributed by atoms with van der Waals surface area (Å²) in [5.41, 5.74) is 1.24. The van der Waals surface area contributed by atoms with Gasteiger partial charge in [0.2, 0.25) is 0 Å². The third-order valence-electron chi connectivity index (χ3n) is 2.48. The van der Waals surface area contributed by atoms with Crippen LogP contribution in [0.3, 0.4) is 0 Å². The summed E-state index contributed by atoms with van der Waals surface area (Å²) in [6, 6.07) is 8.82. The van der Waals surface area contributed by atoms with Gasteiger partial charge in [0.1, 0.15) is 11.9 Å². The number of aliphatic hydroxyl groups excluding tert-OH is 1. The molecule has 0 aliphatic heterocycles. The number of benzene rings is 1. The van der Waals surface area contributed by atoms with Crippen molar-refractivity contribution in [2.24, 2.45) is 0 Å². The van der Waals surface area contributed by atoms with Gasteiger partial charge in [-0.15, -0.1) is 11.8 Å². The fourth-order valence-electron chi connectivity index (χ4n) is 1.65. The Labute approximate surface area is 104 Å².